The molecule has 1 aliphatic rings. The zero-order valence-electron chi connectivity index (χ0n) is 7.85. The molecule has 0 aromatic heterocycles. The maximum Gasteiger partial charge on any atom is 0.00412 e. The normalized spacial score (nSPS) is 29.6. The zero-order chi connectivity index (χ0) is 8.69. The molecule has 0 saturated carbocycles. The van der Waals surface area contributed by atoms with Crippen LogP contribution in [-0.2, 0) is 0 Å². The zero-order valence-corrected chi connectivity index (χ0v) is 7.85. The van der Waals surface area contributed by atoms with Gasteiger partial charge in [0.25, 0.3) is 0 Å². The van der Waals surface area contributed by atoms with E-state index >= 15 is 0 Å². The molecule has 11 heavy (non-hydrogen) atoms. The van der Waals surface area contributed by atoms with Gasteiger partial charge in [0.1, 0.15) is 0 Å². The van der Waals surface area contributed by atoms with Gasteiger partial charge in [0, 0.05) is 12.1 Å². The summed E-state index contributed by atoms with van der Waals surface area (Å²) >= 11 is 0. The lowest BCUT2D eigenvalue weighted by Gasteiger charge is -2.25. The van der Waals surface area contributed by atoms with Gasteiger partial charge in [-0.2, -0.15) is 0 Å². The van der Waals surface area contributed by atoms with Crippen molar-refractivity contribution in [3.63, 3.8) is 0 Å². The van der Waals surface area contributed by atoms with Crippen molar-refractivity contribution in [1.82, 2.24) is 5.32 Å². The van der Waals surface area contributed by atoms with E-state index in [-0.39, 0.29) is 0 Å². The van der Waals surface area contributed by atoms with Crippen LogP contribution < -0.4 is 5.32 Å². The molecule has 1 aliphatic heterocycles. The summed E-state index contributed by atoms with van der Waals surface area (Å²) < 4.78 is 0. The summed E-state index contributed by atoms with van der Waals surface area (Å²) in [5, 5.41) is 3.48. The molecule has 1 heterocycles. The van der Waals surface area contributed by atoms with Gasteiger partial charge in [0.05, 0.1) is 0 Å². The van der Waals surface area contributed by atoms with Gasteiger partial charge in [-0.05, 0) is 33.6 Å². The fourth-order valence-corrected chi connectivity index (χ4v) is 1.38. The molecule has 0 radical (unpaired) electrons. The van der Waals surface area contributed by atoms with Crippen molar-refractivity contribution >= 4 is 0 Å². The van der Waals surface area contributed by atoms with Crippen molar-refractivity contribution in [3.05, 3.63) is 0 Å². The third-order valence-electron chi connectivity index (χ3n) is 1.84. The molecule has 0 aliphatic carbocycles. The molecule has 1 fully saturated rings. The Morgan fingerprint density at radius 2 is 1.64 bits per heavy atom. The molecule has 64 valence electrons. The van der Waals surface area contributed by atoms with Gasteiger partial charge in [-0.3, -0.25) is 0 Å². The fourth-order valence-electron chi connectivity index (χ4n) is 1.38. The smallest absolute Gasteiger partial charge is 0.00412 e. The molecule has 2 atom stereocenters. The van der Waals surface area contributed by atoms with Crippen molar-refractivity contribution in [3.8, 4) is 12.3 Å². The molecule has 1 N–H and O–H groups in total. The van der Waals surface area contributed by atoms with Crippen molar-refractivity contribution in [1.29, 1.82) is 0 Å². The molecular formula is C10H19N. The van der Waals surface area contributed by atoms with Crippen molar-refractivity contribution in [2.45, 2.75) is 52.1 Å². The van der Waals surface area contributed by atoms with Crippen LogP contribution in [0.2, 0.25) is 0 Å². The lowest BCUT2D eigenvalue weighted by molar-refractivity contribution is 0.352. The summed E-state index contributed by atoms with van der Waals surface area (Å²) in [5.41, 5.74) is 0. The van der Waals surface area contributed by atoms with E-state index in [4.69, 9.17) is 0 Å². The molecule has 1 heteroatoms. The average molecular weight is 153 g/mol. The summed E-state index contributed by atoms with van der Waals surface area (Å²) in [7, 11) is 0. The summed E-state index contributed by atoms with van der Waals surface area (Å²) in [6.07, 6.45) is 8.74. The second kappa shape index (κ2) is 6.24. The lowest BCUT2D eigenvalue weighted by atomic mass is 10.0. The molecular weight excluding hydrogens is 134 g/mol. The van der Waals surface area contributed by atoms with Gasteiger partial charge in [-0.15, -0.1) is 12.3 Å². The monoisotopic (exact) mass is 153 g/mol. The Balaban J connectivity index is 0.000000292. The third-order valence-corrected chi connectivity index (χ3v) is 1.84. The van der Waals surface area contributed by atoms with Crippen LogP contribution in [0.4, 0.5) is 0 Å². The van der Waals surface area contributed by atoms with Crippen molar-refractivity contribution in [2.75, 3.05) is 0 Å². The van der Waals surface area contributed by atoms with Crippen LogP contribution >= 0.6 is 0 Å². The van der Waals surface area contributed by atoms with E-state index in [9.17, 15) is 0 Å². The van der Waals surface area contributed by atoms with Crippen molar-refractivity contribution in [2.24, 2.45) is 0 Å². The molecule has 0 bridgehead atoms. The van der Waals surface area contributed by atoms with E-state index in [1.165, 1.54) is 19.3 Å². The lowest BCUT2D eigenvalue weighted by Crippen LogP contribution is -2.38. The predicted molar refractivity (Wildman–Crippen MR) is 50.4 cm³/mol. The molecule has 0 spiro atoms. The first kappa shape index (κ1) is 10.5. The first-order chi connectivity index (χ1) is 5.20. The number of hydrogen-bond donors (Lipinski definition) is 1. The Morgan fingerprint density at radius 1 is 1.27 bits per heavy atom. The van der Waals surface area contributed by atoms with E-state index in [0.29, 0.717) is 0 Å². The number of terminal acetylenes is 1. The molecule has 0 aromatic rings. The summed E-state index contributed by atoms with van der Waals surface area (Å²) in [4.78, 5) is 0. The highest BCUT2D eigenvalue weighted by atomic mass is 14.9. The van der Waals surface area contributed by atoms with Gasteiger partial charge < -0.3 is 5.32 Å². The molecule has 1 rings (SSSR count). The third kappa shape index (κ3) is 5.94. The van der Waals surface area contributed by atoms with Crippen LogP contribution in [0.25, 0.3) is 0 Å². The van der Waals surface area contributed by atoms with Gasteiger partial charge in [0.2, 0.25) is 0 Å². The number of rotatable bonds is 0. The first-order valence-electron chi connectivity index (χ1n) is 4.34. The Labute approximate surface area is 70.6 Å². The maximum atomic E-state index is 4.60. The number of hydrogen-bond acceptors (Lipinski definition) is 1. The van der Waals surface area contributed by atoms with Crippen LogP contribution in [-0.4, -0.2) is 12.1 Å². The van der Waals surface area contributed by atoms with Crippen LogP contribution in [0.3, 0.4) is 0 Å². The highest BCUT2D eigenvalue weighted by molar-refractivity contribution is 4.73. The summed E-state index contributed by atoms with van der Waals surface area (Å²) in [6.45, 7) is 6.17. The summed E-state index contributed by atoms with van der Waals surface area (Å²) in [6, 6.07) is 1.53. The summed E-state index contributed by atoms with van der Waals surface area (Å²) in [5.74, 6) is 2.25. The Bertz CT molecular complexity index is 115. The van der Waals surface area contributed by atoms with Gasteiger partial charge >= 0.3 is 0 Å². The molecule has 0 amide bonds. The minimum Gasteiger partial charge on any atom is -0.312 e. The predicted octanol–water partition coefficient (Wildman–Crippen LogP) is 2.18. The van der Waals surface area contributed by atoms with Crippen molar-refractivity contribution < 1.29 is 0 Å². The maximum absolute atomic E-state index is 4.60. The number of piperidine rings is 1. The van der Waals surface area contributed by atoms with Gasteiger partial charge in [0.15, 0.2) is 0 Å². The molecule has 0 aromatic carbocycles. The molecule has 1 nitrogen and oxygen atoms in total. The SMILES string of the molecule is C#CC.CC1CCCC(C)N1. The second-order valence-electron chi connectivity index (χ2n) is 3.19. The van der Waals surface area contributed by atoms with Gasteiger partial charge in [-0.25, -0.2) is 0 Å². The van der Waals surface area contributed by atoms with E-state index < -0.39 is 0 Å². The first-order valence-corrected chi connectivity index (χ1v) is 4.34. The van der Waals surface area contributed by atoms with Crippen LogP contribution in [0.5, 0.6) is 0 Å². The quantitative estimate of drug-likeness (QED) is 0.526. The largest absolute Gasteiger partial charge is 0.312 e. The highest BCUT2D eigenvalue weighted by Gasteiger charge is 2.11. The standard InChI is InChI=1S/C7H15N.C3H4/c1-6-4-3-5-7(2)8-6;1-3-2/h6-8H,3-5H2,1-2H3;1H,2H3. The van der Waals surface area contributed by atoms with E-state index in [0.717, 1.165) is 12.1 Å². The van der Waals surface area contributed by atoms with E-state index in [2.05, 4.69) is 31.5 Å². The number of nitrogens with one attached hydrogen (secondary N) is 1. The van der Waals surface area contributed by atoms with Crippen LogP contribution in [0.1, 0.15) is 40.0 Å². The molecule has 2 unspecified atom stereocenters. The van der Waals surface area contributed by atoms with Gasteiger partial charge in [-0.1, -0.05) is 6.42 Å². The minimum absolute atomic E-state index is 0.763. The van der Waals surface area contributed by atoms with E-state index in [1.54, 1.807) is 6.92 Å². The average Bonchev–Trinajstić information content (AvgIpc) is 1.88. The highest BCUT2D eigenvalue weighted by Crippen LogP contribution is 2.10. The molecule has 1 saturated heterocycles. The Kier molecular flexibility index (Phi) is 5.97. The van der Waals surface area contributed by atoms with E-state index in [1.807, 2.05) is 0 Å². The Hall–Kier alpha value is -0.480. The Morgan fingerprint density at radius 3 is 1.82 bits per heavy atom. The fraction of sp³-hybridized carbons (Fsp3) is 0.800. The van der Waals surface area contributed by atoms with Crippen LogP contribution in [0, 0.1) is 12.3 Å². The minimum atomic E-state index is 0.763. The topological polar surface area (TPSA) is 12.0 Å². The van der Waals surface area contributed by atoms with Crippen LogP contribution in [0.15, 0.2) is 0 Å². The second-order valence-corrected chi connectivity index (χ2v) is 3.19.